The molecule has 0 saturated carbocycles. The summed E-state index contributed by atoms with van der Waals surface area (Å²) in [5, 5.41) is 9.35. The van der Waals surface area contributed by atoms with Crippen molar-refractivity contribution in [1.29, 1.82) is 0 Å². The number of carbonyl (C=O) groups is 1. The van der Waals surface area contributed by atoms with E-state index in [0.29, 0.717) is 10.6 Å². The number of benzene rings is 1. The van der Waals surface area contributed by atoms with E-state index >= 15 is 0 Å². The molecule has 0 radical (unpaired) electrons. The van der Waals surface area contributed by atoms with Crippen LogP contribution in [0.15, 0.2) is 30.3 Å². The van der Waals surface area contributed by atoms with Gasteiger partial charge in [0.1, 0.15) is 11.5 Å². The molecule has 2 rings (SSSR count). The van der Waals surface area contributed by atoms with Gasteiger partial charge in [0.15, 0.2) is 0 Å². The predicted octanol–water partition coefficient (Wildman–Crippen LogP) is 3.34. The lowest BCUT2D eigenvalue weighted by Crippen LogP contribution is -2.11. The van der Waals surface area contributed by atoms with Crippen LogP contribution in [0.2, 0.25) is 5.02 Å². The summed E-state index contributed by atoms with van der Waals surface area (Å²) in [6, 6.07) is 7.56. The van der Waals surface area contributed by atoms with Gasteiger partial charge in [-0.15, -0.1) is 0 Å². The Morgan fingerprint density at radius 2 is 2.11 bits per heavy atom. The van der Waals surface area contributed by atoms with Crippen molar-refractivity contribution in [3.8, 4) is 0 Å². The molecule has 0 saturated heterocycles. The molecule has 2 aromatic rings. The smallest absolute Gasteiger partial charge is 0.352 e. The largest absolute Gasteiger partial charge is 0.477 e. The van der Waals surface area contributed by atoms with Crippen LogP contribution in [0.25, 0.3) is 0 Å². The van der Waals surface area contributed by atoms with Gasteiger partial charge in [-0.05, 0) is 31.2 Å². The molecule has 0 atom stereocenters. The Labute approximate surface area is 108 Å². The summed E-state index contributed by atoms with van der Waals surface area (Å²) in [5.74, 6) is -1.47. The Balaban J connectivity index is 2.39. The zero-order chi connectivity index (χ0) is 13.3. The van der Waals surface area contributed by atoms with Gasteiger partial charge in [0.2, 0.25) is 0 Å². The maximum absolute atomic E-state index is 13.7. The summed E-state index contributed by atoms with van der Waals surface area (Å²) in [6.07, 6.45) is 0. The molecule has 0 spiro atoms. The normalized spacial score (nSPS) is 10.6. The molecule has 0 unspecified atom stereocenters. The van der Waals surface area contributed by atoms with Crippen LogP contribution < -0.4 is 0 Å². The predicted molar refractivity (Wildman–Crippen MR) is 66.6 cm³/mol. The molecule has 3 nitrogen and oxygen atoms in total. The van der Waals surface area contributed by atoms with Crippen molar-refractivity contribution in [2.24, 2.45) is 0 Å². The molecule has 1 aromatic heterocycles. The van der Waals surface area contributed by atoms with Crippen LogP contribution in [0.1, 0.15) is 21.7 Å². The topological polar surface area (TPSA) is 42.2 Å². The number of aromatic nitrogens is 1. The molecule has 1 heterocycles. The van der Waals surface area contributed by atoms with Crippen LogP contribution in [0.5, 0.6) is 0 Å². The molecular weight excluding hydrogens is 257 g/mol. The molecule has 18 heavy (non-hydrogen) atoms. The maximum atomic E-state index is 13.7. The molecule has 1 aromatic carbocycles. The third-order valence-electron chi connectivity index (χ3n) is 2.76. The van der Waals surface area contributed by atoms with E-state index in [-0.39, 0.29) is 12.2 Å². The Morgan fingerprint density at radius 3 is 2.72 bits per heavy atom. The maximum Gasteiger partial charge on any atom is 0.352 e. The van der Waals surface area contributed by atoms with Crippen molar-refractivity contribution in [3.63, 3.8) is 0 Å². The lowest BCUT2D eigenvalue weighted by atomic mass is 10.2. The van der Waals surface area contributed by atoms with E-state index in [1.165, 1.54) is 12.1 Å². The number of nitrogens with zero attached hydrogens (tertiary/aromatic N) is 1. The molecular formula is C13H11ClFNO2. The number of hydrogen-bond acceptors (Lipinski definition) is 1. The summed E-state index contributed by atoms with van der Waals surface area (Å²) in [4.78, 5) is 11.0. The average Bonchev–Trinajstić information content (AvgIpc) is 2.64. The third kappa shape index (κ3) is 2.38. The van der Waals surface area contributed by atoms with Crippen molar-refractivity contribution in [3.05, 3.63) is 58.1 Å². The summed E-state index contributed by atoms with van der Waals surface area (Å²) in [7, 11) is 0. The quantitative estimate of drug-likeness (QED) is 0.927. The van der Waals surface area contributed by atoms with E-state index in [2.05, 4.69) is 0 Å². The van der Waals surface area contributed by atoms with Crippen LogP contribution in [0, 0.1) is 12.7 Å². The van der Waals surface area contributed by atoms with Crippen molar-refractivity contribution >= 4 is 17.6 Å². The van der Waals surface area contributed by atoms with Crippen molar-refractivity contribution in [2.75, 3.05) is 0 Å². The van der Waals surface area contributed by atoms with Crippen LogP contribution >= 0.6 is 11.6 Å². The second-order valence-electron chi connectivity index (χ2n) is 3.99. The van der Waals surface area contributed by atoms with Gasteiger partial charge in [-0.25, -0.2) is 9.18 Å². The summed E-state index contributed by atoms with van der Waals surface area (Å²) in [6.45, 7) is 1.95. The lowest BCUT2D eigenvalue weighted by Gasteiger charge is -2.10. The fourth-order valence-corrected chi connectivity index (χ4v) is 1.95. The van der Waals surface area contributed by atoms with E-state index in [9.17, 15) is 9.18 Å². The Kier molecular flexibility index (Phi) is 3.39. The monoisotopic (exact) mass is 267 g/mol. The molecule has 94 valence electrons. The highest BCUT2D eigenvalue weighted by Gasteiger charge is 2.13. The Hall–Kier alpha value is -1.81. The van der Waals surface area contributed by atoms with Crippen LogP contribution in [-0.2, 0) is 6.54 Å². The molecule has 1 N–H and O–H groups in total. The van der Waals surface area contributed by atoms with Gasteiger partial charge < -0.3 is 9.67 Å². The number of aromatic carboxylic acids is 1. The summed E-state index contributed by atoms with van der Waals surface area (Å²) < 4.78 is 15.2. The van der Waals surface area contributed by atoms with Gasteiger partial charge >= 0.3 is 5.97 Å². The first-order valence-corrected chi connectivity index (χ1v) is 5.70. The number of aryl methyl sites for hydroxylation is 1. The number of hydrogen-bond donors (Lipinski definition) is 1. The highest BCUT2D eigenvalue weighted by atomic mass is 35.5. The van der Waals surface area contributed by atoms with E-state index < -0.39 is 11.8 Å². The first-order chi connectivity index (χ1) is 8.49. The minimum Gasteiger partial charge on any atom is -0.477 e. The van der Waals surface area contributed by atoms with Gasteiger partial charge in [-0.3, -0.25) is 0 Å². The van der Waals surface area contributed by atoms with Crippen LogP contribution in [-0.4, -0.2) is 15.6 Å². The molecule has 0 amide bonds. The third-order valence-corrected chi connectivity index (χ3v) is 3.00. The van der Waals surface area contributed by atoms with Gasteiger partial charge in [0, 0.05) is 16.3 Å². The van der Waals surface area contributed by atoms with E-state index in [4.69, 9.17) is 16.7 Å². The van der Waals surface area contributed by atoms with Crippen LogP contribution in [0.4, 0.5) is 4.39 Å². The highest BCUT2D eigenvalue weighted by Crippen LogP contribution is 2.18. The minimum atomic E-state index is -1.03. The standard InChI is InChI=1S/C13H11ClFNO2/c1-8-2-5-12(13(17)18)16(8)7-9-3-4-10(14)6-11(9)15/h2-6H,7H2,1H3,(H,17,18). The Morgan fingerprint density at radius 1 is 1.39 bits per heavy atom. The SMILES string of the molecule is Cc1ccc(C(=O)O)n1Cc1ccc(Cl)cc1F. The fourth-order valence-electron chi connectivity index (χ4n) is 1.79. The molecule has 0 aliphatic rings. The highest BCUT2D eigenvalue weighted by molar-refractivity contribution is 6.30. The summed E-state index contributed by atoms with van der Waals surface area (Å²) >= 11 is 5.67. The molecule has 0 aliphatic carbocycles. The van der Waals surface area contributed by atoms with Gasteiger partial charge in [-0.1, -0.05) is 17.7 Å². The van der Waals surface area contributed by atoms with Crippen molar-refractivity contribution in [1.82, 2.24) is 4.57 Å². The average molecular weight is 268 g/mol. The zero-order valence-corrected chi connectivity index (χ0v) is 10.4. The van der Waals surface area contributed by atoms with Crippen molar-refractivity contribution < 1.29 is 14.3 Å². The number of carboxylic acids is 1. The zero-order valence-electron chi connectivity index (χ0n) is 9.65. The number of halogens is 2. The molecule has 0 fully saturated rings. The van der Waals surface area contributed by atoms with E-state index in [1.54, 1.807) is 29.7 Å². The van der Waals surface area contributed by atoms with Gasteiger partial charge in [0.05, 0.1) is 6.54 Å². The molecule has 0 bridgehead atoms. The number of rotatable bonds is 3. The second-order valence-corrected chi connectivity index (χ2v) is 4.42. The van der Waals surface area contributed by atoms with Crippen molar-refractivity contribution in [2.45, 2.75) is 13.5 Å². The van der Waals surface area contributed by atoms with E-state index in [0.717, 1.165) is 5.69 Å². The van der Waals surface area contributed by atoms with E-state index in [1.807, 2.05) is 0 Å². The fraction of sp³-hybridized carbons (Fsp3) is 0.154. The minimum absolute atomic E-state index is 0.141. The van der Waals surface area contributed by atoms with Crippen LogP contribution in [0.3, 0.4) is 0 Å². The first kappa shape index (κ1) is 12.6. The number of carboxylic acid groups (broad SMARTS) is 1. The first-order valence-electron chi connectivity index (χ1n) is 5.32. The second kappa shape index (κ2) is 4.82. The Bertz CT molecular complexity index is 607. The molecule has 5 heteroatoms. The lowest BCUT2D eigenvalue weighted by molar-refractivity contribution is 0.0685. The summed E-state index contributed by atoms with van der Waals surface area (Å²) in [5.41, 5.74) is 1.31. The molecule has 0 aliphatic heterocycles. The van der Waals surface area contributed by atoms with Gasteiger partial charge in [0.25, 0.3) is 0 Å². The van der Waals surface area contributed by atoms with Gasteiger partial charge in [-0.2, -0.15) is 0 Å².